The van der Waals surface area contributed by atoms with Gasteiger partial charge in [-0.1, -0.05) is 65.5 Å². The Hall–Kier alpha value is -4.96. The maximum atomic E-state index is 6.56. The number of rotatable bonds is 3. The minimum absolute atomic E-state index is 0. The molecule has 0 fully saturated rings. The van der Waals surface area contributed by atoms with Crippen LogP contribution in [0.15, 0.2) is 138 Å². The number of hydrogen-bond donors (Lipinski definition) is 0. The smallest absolute Gasteiger partial charge is 0.129 e. The molecule has 0 spiro atoms. The van der Waals surface area contributed by atoms with E-state index in [1.54, 1.807) is 12.4 Å². The topological polar surface area (TPSA) is 51.8 Å². The van der Waals surface area contributed by atoms with Crippen LogP contribution in [0.2, 0.25) is 0 Å². The molecule has 0 N–H and O–H groups in total. The van der Waals surface area contributed by atoms with E-state index >= 15 is 0 Å². The maximum Gasteiger partial charge on any atom is 0.129 e. The van der Waals surface area contributed by atoms with Gasteiger partial charge in [0, 0.05) is 61.2 Å². The Balaban J connectivity index is 0.000000213. The van der Waals surface area contributed by atoms with E-state index in [1.807, 2.05) is 85.2 Å². The van der Waals surface area contributed by atoms with Crippen LogP contribution in [0.25, 0.3) is 66.4 Å². The summed E-state index contributed by atoms with van der Waals surface area (Å²) in [6.07, 6.45) is 7.33. The molecule has 4 aromatic carbocycles. The maximum absolute atomic E-state index is 6.56. The number of furan rings is 1. The van der Waals surface area contributed by atoms with Gasteiger partial charge in [0.25, 0.3) is 0 Å². The van der Waals surface area contributed by atoms with Gasteiger partial charge in [0.2, 0.25) is 0 Å². The van der Waals surface area contributed by atoms with Crippen LogP contribution in [0, 0.1) is 19.1 Å². The number of aryl methyl sites for hydroxylation is 1. The minimum atomic E-state index is 0. The van der Waals surface area contributed by atoms with Crippen LogP contribution in [0.1, 0.15) is 5.56 Å². The first-order valence-corrected chi connectivity index (χ1v) is 13.8. The Labute approximate surface area is 263 Å². The number of hydrogen-bond acceptors (Lipinski definition) is 4. The van der Waals surface area contributed by atoms with Crippen molar-refractivity contribution in [1.82, 2.24) is 15.0 Å². The molecule has 0 bridgehead atoms. The van der Waals surface area contributed by atoms with Gasteiger partial charge in [-0.15, -0.1) is 54.1 Å². The normalized spacial score (nSPS) is 10.7. The van der Waals surface area contributed by atoms with Crippen LogP contribution in [0.3, 0.4) is 0 Å². The molecule has 0 saturated carbocycles. The first kappa shape index (κ1) is 28.2. The third kappa shape index (κ3) is 5.49. The molecule has 4 nitrogen and oxygen atoms in total. The average molecular weight is 732 g/mol. The molecule has 4 aromatic heterocycles. The van der Waals surface area contributed by atoms with E-state index in [0.717, 1.165) is 66.4 Å². The summed E-state index contributed by atoms with van der Waals surface area (Å²) < 4.78 is 6.56. The molecule has 0 saturated heterocycles. The van der Waals surface area contributed by atoms with E-state index in [9.17, 15) is 0 Å². The third-order valence-corrected chi connectivity index (χ3v) is 7.33. The molecule has 209 valence electrons. The summed E-state index contributed by atoms with van der Waals surface area (Å²) in [5, 5.41) is 4.49. The van der Waals surface area contributed by atoms with Gasteiger partial charge in [-0.2, -0.15) is 0 Å². The molecule has 0 atom stereocenters. The van der Waals surface area contributed by atoms with Gasteiger partial charge in [0.05, 0.1) is 5.58 Å². The average Bonchev–Trinajstić information content (AvgIpc) is 3.47. The van der Waals surface area contributed by atoms with E-state index in [2.05, 4.69) is 70.4 Å². The van der Waals surface area contributed by atoms with Crippen molar-refractivity contribution in [2.24, 2.45) is 0 Å². The second-order valence-electron chi connectivity index (χ2n) is 9.94. The summed E-state index contributed by atoms with van der Waals surface area (Å²) >= 11 is 0. The van der Waals surface area contributed by atoms with E-state index < -0.39 is 0 Å². The second-order valence-corrected chi connectivity index (χ2v) is 9.94. The first-order valence-electron chi connectivity index (χ1n) is 13.8. The zero-order chi connectivity index (χ0) is 28.3. The molecule has 4 heterocycles. The molecule has 0 unspecified atom stereocenters. The van der Waals surface area contributed by atoms with Crippen LogP contribution in [-0.2, 0) is 20.1 Å². The molecule has 5 heteroatoms. The van der Waals surface area contributed by atoms with Crippen molar-refractivity contribution >= 4 is 32.7 Å². The molecule has 43 heavy (non-hydrogen) atoms. The fraction of sp³-hybridized carbons (Fsp3) is 0.0263. The number of nitrogens with zero attached hydrogens (tertiary/aromatic N) is 3. The summed E-state index contributed by atoms with van der Waals surface area (Å²) in [7, 11) is 0. The fourth-order valence-electron chi connectivity index (χ4n) is 5.35. The molecule has 0 aliphatic heterocycles. The van der Waals surface area contributed by atoms with Crippen molar-refractivity contribution in [2.75, 3.05) is 0 Å². The number of pyridine rings is 3. The molecule has 8 rings (SSSR count). The molecule has 0 aliphatic rings. The summed E-state index contributed by atoms with van der Waals surface area (Å²) in [5.74, 6) is 0. The largest absolute Gasteiger partial charge is 0.500 e. The van der Waals surface area contributed by atoms with Gasteiger partial charge in [-0.05, 0) is 53.0 Å². The van der Waals surface area contributed by atoms with Crippen LogP contribution < -0.4 is 0 Å². The van der Waals surface area contributed by atoms with Crippen molar-refractivity contribution in [1.29, 1.82) is 0 Å². The van der Waals surface area contributed by atoms with E-state index in [0.29, 0.717) is 0 Å². The van der Waals surface area contributed by atoms with Crippen LogP contribution in [-0.4, -0.2) is 15.0 Å². The van der Waals surface area contributed by atoms with E-state index in [-0.39, 0.29) is 20.1 Å². The van der Waals surface area contributed by atoms with Gasteiger partial charge in [-0.3, -0.25) is 4.98 Å². The van der Waals surface area contributed by atoms with Crippen molar-refractivity contribution in [3.8, 4) is 33.6 Å². The van der Waals surface area contributed by atoms with Crippen molar-refractivity contribution < 1.29 is 24.5 Å². The fourth-order valence-corrected chi connectivity index (χ4v) is 5.35. The summed E-state index contributed by atoms with van der Waals surface area (Å²) in [6, 6.07) is 42.7. The Kier molecular flexibility index (Phi) is 8.19. The van der Waals surface area contributed by atoms with Crippen LogP contribution in [0.5, 0.6) is 0 Å². The van der Waals surface area contributed by atoms with Gasteiger partial charge in [0.1, 0.15) is 5.58 Å². The summed E-state index contributed by atoms with van der Waals surface area (Å²) in [6.45, 7) is 2.13. The standard InChI is InChI=1S/C27H17N2O.C11H8N.Ir/c1-17-11-12-20(19-7-4-6-18-13-15-28-16-23(18)19)27-25(17)22-9-5-8-21(26(22)30-27)24-10-2-3-14-29-24;1-2-6-10(7-3-1)11-8-4-5-9-12-11;/h2-7,9-16H,1H3;1-6,8-9H;/q2*-1;. The minimum Gasteiger partial charge on any atom is -0.500 e. The Bertz CT molecular complexity index is 2100. The van der Waals surface area contributed by atoms with Gasteiger partial charge < -0.3 is 14.4 Å². The summed E-state index contributed by atoms with van der Waals surface area (Å²) in [5.41, 5.74) is 8.83. The molecule has 1 radical (unpaired) electrons. The SMILES string of the molecule is Cc1ccc(-c2cccc3ccncc23)c2oc3c(-c4ccccn4)[c-]ccc3c12.[Ir].[c-]1ccccc1-c1ccccn1. The molecular formula is C38H25IrN3O-2. The molecule has 0 aliphatic carbocycles. The predicted octanol–water partition coefficient (Wildman–Crippen LogP) is 9.52. The Morgan fingerprint density at radius 2 is 1.42 bits per heavy atom. The van der Waals surface area contributed by atoms with Gasteiger partial charge in [-0.25, -0.2) is 0 Å². The van der Waals surface area contributed by atoms with Crippen LogP contribution >= 0.6 is 0 Å². The molecule has 0 amide bonds. The second kappa shape index (κ2) is 12.5. The third-order valence-electron chi connectivity index (χ3n) is 7.33. The Morgan fingerprint density at radius 3 is 2.19 bits per heavy atom. The molecular weight excluding hydrogens is 707 g/mol. The van der Waals surface area contributed by atoms with Crippen LogP contribution in [0.4, 0.5) is 0 Å². The Morgan fingerprint density at radius 1 is 0.605 bits per heavy atom. The first-order chi connectivity index (χ1) is 20.8. The predicted molar refractivity (Wildman–Crippen MR) is 170 cm³/mol. The zero-order valence-electron chi connectivity index (χ0n) is 23.3. The van der Waals surface area contributed by atoms with Crippen molar-refractivity contribution in [3.05, 3.63) is 152 Å². The zero-order valence-corrected chi connectivity index (χ0v) is 25.7. The number of benzene rings is 4. The van der Waals surface area contributed by atoms with Gasteiger partial charge in [0.15, 0.2) is 0 Å². The molecule has 8 aromatic rings. The van der Waals surface area contributed by atoms with E-state index in [4.69, 9.17) is 4.42 Å². The van der Waals surface area contributed by atoms with Crippen molar-refractivity contribution in [2.45, 2.75) is 6.92 Å². The quantitative estimate of drug-likeness (QED) is 0.170. The number of aromatic nitrogens is 3. The summed E-state index contributed by atoms with van der Waals surface area (Å²) in [4.78, 5) is 13.1. The monoisotopic (exact) mass is 732 g/mol. The van der Waals surface area contributed by atoms with E-state index in [1.165, 1.54) is 5.56 Å². The van der Waals surface area contributed by atoms with Gasteiger partial charge >= 0.3 is 0 Å². The number of fused-ring (bicyclic) bond motifs is 4. The van der Waals surface area contributed by atoms with Crippen molar-refractivity contribution in [3.63, 3.8) is 0 Å².